The molecule has 0 saturated carbocycles. The third kappa shape index (κ3) is 3.41. The Morgan fingerprint density at radius 2 is 1.90 bits per heavy atom. The molecule has 8 heteroatoms. The number of rotatable bonds is 5. The summed E-state index contributed by atoms with van der Waals surface area (Å²) in [5, 5.41) is 16.0. The lowest BCUT2D eigenvalue weighted by Gasteiger charge is -2.28. The number of anilines is 1. The Morgan fingerprint density at radius 3 is 2.47 bits per heavy atom. The predicted molar refractivity (Wildman–Crippen MR) is 108 cm³/mol. The van der Waals surface area contributed by atoms with E-state index in [1.54, 1.807) is 6.92 Å². The van der Waals surface area contributed by atoms with Crippen molar-refractivity contribution in [1.29, 1.82) is 5.26 Å². The standard InChI is InChI=1S/C22H24N4O4/c1-3-29-20(27)22(2,26-13-14(11-23)12-24-26)30-21(28)25-19-17-8-4-6-15(17)10-16-7-5-9-18(16)19/h10,12-13H,3-9H2,1-2H3,(H,25,28). The van der Waals surface area contributed by atoms with Gasteiger partial charge in [-0.2, -0.15) is 10.4 Å². The van der Waals surface area contributed by atoms with Gasteiger partial charge in [0, 0.05) is 13.1 Å². The Labute approximate surface area is 174 Å². The Bertz CT molecular complexity index is 1020. The molecule has 1 unspecified atom stereocenters. The zero-order valence-electron chi connectivity index (χ0n) is 17.2. The average molecular weight is 408 g/mol. The van der Waals surface area contributed by atoms with Crippen LogP contribution < -0.4 is 5.32 Å². The first kappa shape index (κ1) is 20.0. The molecule has 4 rings (SSSR count). The summed E-state index contributed by atoms with van der Waals surface area (Å²) in [6.07, 6.45) is 7.87. The van der Waals surface area contributed by atoms with Gasteiger partial charge in [-0.15, -0.1) is 0 Å². The van der Waals surface area contributed by atoms with Crippen LogP contribution in [0.4, 0.5) is 10.5 Å². The van der Waals surface area contributed by atoms with E-state index in [9.17, 15) is 9.59 Å². The van der Waals surface area contributed by atoms with Gasteiger partial charge in [0.1, 0.15) is 6.07 Å². The first-order valence-electron chi connectivity index (χ1n) is 10.2. The van der Waals surface area contributed by atoms with Crippen molar-refractivity contribution in [2.45, 2.75) is 58.1 Å². The predicted octanol–water partition coefficient (Wildman–Crippen LogP) is 3.22. The third-order valence-electron chi connectivity index (χ3n) is 5.79. The molecule has 1 N–H and O–H groups in total. The van der Waals surface area contributed by atoms with E-state index in [1.165, 1.54) is 30.4 Å². The van der Waals surface area contributed by atoms with E-state index < -0.39 is 17.8 Å². The van der Waals surface area contributed by atoms with Crippen molar-refractivity contribution in [2.24, 2.45) is 0 Å². The third-order valence-corrected chi connectivity index (χ3v) is 5.79. The van der Waals surface area contributed by atoms with Crippen molar-refractivity contribution in [3.8, 4) is 6.07 Å². The van der Waals surface area contributed by atoms with E-state index in [2.05, 4.69) is 16.5 Å². The highest BCUT2D eigenvalue weighted by molar-refractivity contribution is 5.90. The molecule has 2 aromatic rings. The van der Waals surface area contributed by atoms with Crippen LogP contribution in [-0.2, 0) is 45.7 Å². The summed E-state index contributed by atoms with van der Waals surface area (Å²) in [5.74, 6) is -0.767. The highest BCUT2D eigenvalue weighted by atomic mass is 16.6. The number of hydrogen-bond donors (Lipinski definition) is 1. The molecular formula is C22H24N4O4. The molecule has 0 aliphatic heterocycles. The van der Waals surface area contributed by atoms with E-state index in [-0.39, 0.29) is 12.2 Å². The van der Waals surface area contributed by atoms with Crippen LogP contribution >= 0.6 is 0 Å². The number of esters is 1. The molecular weight excluding hydrogens is 384 g/mol. The molecule has 1 aromatic carbocycles. The lowest BCUT2D eigenvalue weighted by molar-refractivity contribution is -0.175. The van der Waals surface area contributed by atoms with Crippen molar-refractivity contribution < 1.29 is 19.1 Å². The summed E-state index contributed by atoms with van der Waals surface area (Å²) >= 11 is 0. The topological polar surface area (TPSA) is 106 Å². The molecule has 2 aliphatic carbocycles. The summed E-state index contributed by atoms with van der Waals surface area (Å²) in [4.78, 5) is 25.6. The molecule has 156 valence electrons. The zero-order chi connectivity index (χ0) is 21.3. The van der Waals surface area contributed by atoms with E-state index in [4.69, 9.17) is 14.7 Å². The largest absolute Gasteiger partial charge is 0.462 e. The number of hydrogen-bond acceptors (Lipinski definition) is 6. The molecule has 0 radical (unpaired) electrons. The maximum absolute atomic E-state index is 12.9. The average Bonchev–Trinajstić information content (AvgIpc) is 3.47. The molecule has 0 spiro atoms. The van der Waals surface area contributed by atoms with Crippen LogP contribution in [0.3, 0.4) is 0 Å². The Kier molecular flexibility index (Phi) is 5.20. The van der Waals surface area contributed by atoms with Crippen LogP contribution in [0.2, 0.25) is 0 Å². The van der Waals surface area contributed by atoms with Crippen LogP contribution in [0.5, 0.6) is 0 Å². The summed E-state index contributed by atoms with van der Waals surface area (Å²) in [6, 6.07) is 4.22. The van der Waals surface area contributed by atoms with Gasteiger partial charge in [-0.1, -0.05) is 6.07 Å². The van der Waals surface area contributed by atoms with Gasteiger partial charge in [0.25, 0.3) is 0 Å². The Morgan fingerprint density at radius 1 is 1.23 bits per heavy atom. The van der Waals surface area contributed by atoms with Crippen molar-refractivity contribution in [3.05, 3.63) is 46.3 Å². The highest BCUT2D eigenvalue weighted by Gasteiger charge is 2.43. The van der Waals surface area contributed by atoms with Gasteiger partial charge in [0.2, 0.25) is 0 Å². The number of ether oxygens (including phenoxy) is 2. The van der Waals surface area contributed by atoms with Crippen LogP contribution in [0, 0.1) is 11.3 Å². The summed E-state index contributed by atoms with van der Waals surface area (Å²) in [7, 11) is 0. The summed E-state index contributed by atoms with van der Waals surface area (Å²) in [5.41, 5.74) is 4.12. The summed E-state index contributed by atoms with van der Waals surface area (Å²) in [6.45, 7) is 3.18. The number of carbonyl (C=O) groups is 2. The molecule has 0 saturated heterocycles. The second-order valence-electron chi connectivity index (χ2n) is 7.74. The lowest BCUT2D eigenvalue weighted by Crippen LogP contribution is -2.46. The number of carbonyl (C=O) groups excluding carboxylic acids is 2. The van der Waals surface area contributed by atoms with E-state index in [0.29, 0.717) is 0 Å². The van der Waals surface area contributed by atoms with E-state index in [1.807, 2.05) is 6.07 Å². The molecule has 8 nitrogen and oxygen atoms in total. The maximum atomic E-state index is 12.9. The summed E-state index contributed by atoms with van der Waals surface area (Å²) < 4.78 is 11.8. The fraction of sp³-hybridized carbons (Fsp3) is 0.455. The first-order valence-corrected chi connectivity index (χ1v) is 10.2. The first-order chi connectivity index (χ1) is 14.5. The molecule has 2 aliphatic rings. The number of aryl methyl sites for hydroxylation is 2. The van der Waals surface area contributed by atoms with Crippen LogP contribution in [0.15, 0.2) is 18.5 Å². The fourth-order valence-electron chi connectivity index (χ4n) is 4.34. The quantitative estimate of drug-likeness (QED) is 0.762. The minimum absolute atomic E-state index is 0.117. The van der Waals surface area contributed by atoms with Crippen molar-refractivity contribution in [1.82, 2.24) is 9.78 Å². The number of fused-ring (bicyclic) bond motifs is 2. The normalized spacial score (nSPS) is 16.2. The van der Waals surface area contributed by atoms with E-state index in [0.717, 1.165) is 60.0 Å². The van der Waals surface area contributed by atoms with Crippen LogP contribution in [0.1, 0.15) is 54.5 Å². The second-order valence-corrected chi connectivity index (χ2v) is 7.74. The molecule has 1 amide bonds. The van der Waals surface area contributed by atoms with Crippen molar-refractivity contribution >= 4 is 17.7 Å². The molecule has 1 atom stereocenters. The number of nitrogens with one attached hydrogen (secondary N) is 1. The molecule has 1 heterocycles. The SMILES string of the molecule is CCOC(=O)C(C)(OC(=O)Nc1c2c(cc3c1CCC3)CCC2)n1cc(C#N)cn1. The zero-order valence-corrected chi connectivity index (χ0v) is 17.2. The van der Waals surface area contributed by atoms with Gasteiger partial charge in [0.15, 0.2) is 0 Å². The van der Waals surface area contributed by atoms with Crippen molar-refractivity contribution in [3.63, 3.8) is 0 Å². The lowest BCUT2D eigenvalue weighted by atomic mass is 9.99. The second kappa shape index (κ2) is 7.82. The number of aromatic nitrogens is 2. The highest BCUT2D eigenvalue weighted by Crippen LogP contribution is 2.39. The maximum Gasteiger partial charge on any atom is 0.414 e. The number of nitrogens with zero attached hydrogens (tertiary/aromatic N) is 3. The minimum atomic E-state index is -1.84. The van der Waals surface area contributed by atoms with Crippen LogP contribution in [0.25, 0.3) is 0 Å². The molecule has 30 heavy (non-hydrogen) atoms. The van der Waals surface area contributed by atoms with E-state index >= 15 is 0 Å². The van der Waals surface area contributed by atoms with Gasteiger partial charge in [-0.05, 0) is 67.7 Å². The van der Waals surface area contributed by atoms with Gasteiger partial charge in [-0.25, -0.2) is 14.3 Å². The Balaban J connectivity index is 1.63. The number of nitriles is 1. The Hall–Kier alpha value is -3.34. The molecule has 0 bridgehead atoms. The molecule has 0 fully saturated rings. The monoisotopic (exact) mass is 408 g/mol. The molecule has 1 aromatic heterocycles. The van der Waals surface area contributed by atoms with Gasteiger partial charge >= 0.3 is 17.8 Å². The number of amides is 1. The fourth-order valence-corrected chi connectivity index (χ4v) is 4.34. The smallest absolute Gasteiger partial charge is 0.414 e. The van der Waals surface area contributed by atoms with Crippen molar-refractivity contribution in [2.75, 3.05) is 11.9 Å². The minimum Gasteiger partial charge on any atom is -0.462 e. The van der Waals surface area contributed by atoms with Gasteiger partial charge < -0.3 is 9.47 Å². The van der Waals surface area contributed by atoms with Gasteiger partial charge in [-0.3, -0.25) is 5.32 Å². The van der Waals surface area contributed by atoms with Gasteiger partial charge in [0.05, 0.1) is 24.1 Å². The van der Waals surface area contributed by atoms with Crippen LogP contribution in [-0.4, -0.2) is 28.4 Å². The number of benzene rings is 1.